The second kappa shape index (κ2) is 8.66. The van der Waals surface area contributed by atoms with Crippen molar-refractivity contribution in [3.8, 4) is 11.3 Å². The average Bonchev–Trinajstić information content (AvgIpc) is 2.77. The number of pyridine rings is 2. The van der Waals surface area contributed by atoms with Gasteiger partial charge in [-0.1, -0.05) is 18.2 Å². The van der Waals surface area contributed by atoms with Gasteiger partial charge in [0.25, 0.3) is 5.91 Å². The fourth-order valence-corrected chi connectivity index (χ4v) is 4.04. The van der Waals surface area contributed by atoms with Crippen LogP contribution in [0.25, 0.3) is 22.2 Å². The first-order chi connectivity index (χ1) is 14.1. The van der Waals surface area contributed by atoms with Crippen molar-refractivity contribution in [2.24, 2.45) is 17.6 Å². The Morgan fingerprint density at radius 3 is 2.59 bits per heavy atom. The molecule has 5 nitrogen and oxygen atoms in total. The molecule has 3 aromatic rings. The SMILES string of the molecule is NCC1CCC(CNC(=O)c2cc(-c3ccc(F)nc3)nc3ccccc23)CC1. The van der Waals surface area contributed by atoms with E-state index in [0.717, 1.165) is 43.1 Å². The molecule has 1 aliphatic rings. The van der Waals surface area contributed by atoms with Crippen LogP contribution in [0, 0.1) is 17.8 Å². The van der Waals surface area contributed by atoms with Crippen molar-refractivity contribution >= 4 is 16.8 Å². The molecule has 150 valence electrons. The molecule has 3 N–H and O–H groups in total. The number of nitrogens with two attached hydrogens (primary N) is 1. The Morgan fingerprint density at radius 2 is 1.86 bits per heavy atom. The van der Waals surface area contributed by atoms with Gasteiger partial charge in [0.2, 0.25) is 5.95 Å². The van der Waals surface area contributed by atoms with E-state index in [2.05, 4.69) is 15.3 Å². The van der Waals surface area contributed by atoms with Crippen LogP contribution in [0.3, 0.4) is 0 Å². The van der Waals surface area contributed by atoms with Gasteiger partial charge in [-0.3, -0.25) is 4.79 Å². The molecule has 1 amide bonds. The van der Waals surface area contributed by atoms with Crippen LogP contribution in [-0.4, -0.2) is 29.0 Å². The third-order valence-corrected chi connectivity index (χ3v) is 5.83. The van der Waals surface area contributed by atoms with Gasteiger partial charge in [-0.2, -0.15) is 4.39 Å². The first kappa shape index (κ1) is 19.5. The number of carbonyl (C=O) groups excluding carboxylic acids is 1. The molecule has 2 heterocycles. The first-order valence-electron chi connectivity index (χ1n) is 10.1. The molecule has 1 fully saturated rings. The molecule has 4 rings (SSSR count). The van der Waals surface area contributed by atoms with Crippen LogP contribution in [0.1, 0.15) is 36.0 Å². The Hall–Kier alpha value is -2.86. The highest BCUT2D eigenvalue weighted by molar-refractivity contribution is 6.07. The van der Waals surface area contributed by atoms with Crippen molar-refractivity contribution in [2.45, 2.75) is 25.7 Å². The largest absolute Gasteiger partial charge is 0.352 e. The molecule has 0 atom stereocenters. The van der Waals surface area contributed by atoms with Crippen LogP contribution in [0.15, 0.2) is 48.7 Å². The minimum atomic E-state index is -0.545. The third-order valence-electron chi connectivity index (χ3n) is 5.83. The number of halogens is 1. The number of para-hydroxylation sites is 1. The van der Waals surface area contributed by atoms with Gasteiger partial charge in [-0.05, 0) is 68.3 Å². The van der Waals surface area contributed by atoms with Crippen molar-refractivity contribution in [1.29, 1.82) is 0 Å². The van der Waals surface area contributed by atoms with Gasteiger partial charge in [0, 0.05) is 23.7 Å². The molecule has 1 saturated carbocycles. The van der Waals surface area contributed by atoms with E-state index >= 15 is 0 Å². The van der Waals surface area contributed by atoms with E-state index in [9.17, 15) is 9.18 Å². The number of hydrogen-bond donors (Lipinski definition) is 2. The van der Waals surface area contributed by atoms with Crippen LogP contribution in [0.4, 0.5) is 4.39 Å². The predicted octanol–water partition coefficient (Wildman–Crippen LogP) is 3.93. The maximum absolute atomic E-state index is 13.2. The van der Waals surface area contributed by atoms with Gasteiger partial charge in [0.05, 0.1) is 16.8 Å². The number of nitrogens with one attached hydrogen (secondary N) is 1. The van der Waals surface area contributed by atoms with E-state index in [-0.39, 0.29) is 5.91 Å². The lowest BCUT2D eigenvalue weighted by atomic mass is 9.82. The molecule has 0 aliphatic heterocycles. The number of carbonyl (C=O) groups is 1. The van der Waals surface area contributed by atoms with E-state index in [4.69, 9.17) is 5.73 Å². The third kappa shape index (κ3) is 4.43. The van der Waals surface area contributed by atoms with Gasteiger partial charge in [-0.15, -0.1) is 0 Å². The lowest BCUT2D eigenvalue weighted by molar-refractivity contribution is 0.0943. The molecule has 2 aromatic heterocycles. The summed E-state index contributed by atoms with van der Waals surface area (Å²) in [6, 6.07) is 12.2. The summed E-state index contributed by atoms with van der Waals surface area (Å²) in [7, 11) is 0. The second-order valence-electron chi connectivity index (χ2n) is 7.77. The topological polar surface area (TPSA) is 80.9 Å². The molecule has 0 radical (unpaired) electrons. The average molecular weight is 392 g/mol. The smallest absolute Gasteiger partial charge is 0.252 e. The van der Waals surface area contributed by atoms with Gasteiger partial charge >= 0.3 is 0 Å². The Morgan fingerprint density at radius 1 is 1.10 bits per heavy atom. The number of aromatic nitrogens is 2. The fraction of sp³-hybridized carbons (Fsp3) is 0.348. The van der Waals surface area contributed by atoms with E-state index in [0.29, 0.717) is 35.2 Å². The minimum Gasteiger partial charge on any atom is -0.352 e. The quantitative estimate of drug-likeness (QED) is 0.645. The molecule has 0 unspecified atom stereocenters. The van der Waals surface area contributed by atoms with Crippen molar-refractivity contribution in [3.05, 3.63) is 60.2 Å². The Kier molecular flexibility index (Phi) is 5.81. The van der Waals surface area contributed by atoms with E-state index in [1.165, 1.54) is 12.3 Å². The molecule has 0 bridgehead atoms. The van der Waals surface area contributed by atoms with E-state index in [1.54, 1.807) is 12.1 Å². The van der Waals surface area contributed by atoms with Crippen molar-refractivity contribution in [3.63, 3.8) is 0 Å². The standard InChI is InChI=1S/C23H25FN4O/c24-22-10-9-17(14-26-22)21-11-19(18-3-1-2-4-20(18)28-21)23(29)27-13-16-7-5-15(12-25)6-8-16/h1-4,9-11,14-16H,5-8,12-13,25H2,(H,27,29). The zero-order chi connectivity index (χ0) is 20.2. The van der Waals surface area contributed by atoms with Crippen LogP contribution in [0.2, 0.25) is 0 Å². The Labute approximate surface area is 169 Å². The maximum Gasteiger partial charge on any atom is 0.252 e. The number of amides is 1. The first-order valence-corrected chi connectivity index (χ1v) is 10.1. The number of nitrogens with zero attached hydrogens (tertiary/aromatic N) is 2. The molecule has 0 saturated heterocycles. The van der Waals surface area contributed by atoms with E-state index < -0.39 is 5.95 Å². The number of rotatable bonds is 5. The van der Waals surface area contributed by atoms with Gasteiger partial charge in [0.15, 0.2) is 0 Å². The number of hydrogen-bond acceptors (Lipinski definition) is 4. The normalized spacial score (nSPS) is 19.2. The van der Waals surface area contributed by atoms with Gasteiger partial charge in [-0.25, -0.2) is 9.97 Å². The summed E-state index contributed by atoms with van der Waals surface area (Å²) < 4.78 is 13.2. The predicted molar refractivity (Wildman–Crippen MR) is 112 cm³/mol. The summed E-state index contributed by atoms with van der Waals surface area (Å²) in [6.07, 6.45) is 5.91. The van der Waals surface area contributed by atoms with Crippen LogP contribution < -0.4 is 11.1 Å². The van der Waals surface area contributed by atoms with Gasteiger partial charge < -0.3 is 11.1 Å². The molecule has 0 spiro atoms. The summed E-state index contributed by atoms with van der Waals surface area (Å²) in [5.41, 5.74) is 8.34. The molecule has 29 heavy (non-hydrogen) atoms. The van der Waals surface area contributed by atoms with Crippen LogP contribution in [0.5, 0.6) is 0 Å². The molecule has 1 aromatic carbocycles. The lowest BCUT2D eigenvalue weighted by Crippen LogP contribution is -2.32. The maximum atomic E-state index is 13.2. The van der Waals surface area contributed by atoms with E-state index in [1.807, 2.05) is 24.3 Å². The lowest BCUT2D eigenvalue weighted by Gasteiger charge is -2.27. The number of benzene rings is 1. The van der Waals surface area contributed by atoms with Crippen molar-refractivity contribution in [1.82, 2.24) is 15.3 Å². The number of fused-ring (bicyclic) bond motifs is 1. The van der Waals surface area contributed by atoms with Crippen molar-refractivity contribution < 1.29 is 9.18 Å². The highest BCUT2D eigenvalue weighted by Gasteiger charge is 2.21. The zero-order valence-electron chi connectivity index (χ0n) is 16.3. The summed E-state index contributed by atoms with van der Waals surface area (Å²) in [4.78, 5) is 21.4. The summed E-state index contributed by atoms with van der Waals surface area (Å²) in [6.45, 7) is 1.42. The molecule has 6 heteroatoms. The molecule has 1 aliphatic carbocycles. The summed E-state index contributed by atoms with van der Waals surface area (Å²) in [5, 5.41) is 3.91. The highest BCUT2D eigenvalue weighted by atomic mass is 19.1. The summed E-state index contributed by atoms with van der Waals surface area (Å²) in [5.74, 6) is 0.464. The monoisotopic (exact) mass is 392 g/mol. The molecular formula is C23H25FN4O. The fourth-order valence-electron chi connectivity index (χ4n) is 4.04. The zero-order valence-corrected chi connectivity index (χ0v) is 16.3. The summed E-state index contributed by atoms with van der Waals surface area (Å²) >= 11 is 0. The Balaban J connectivity index is 1.57. The van der Waals surface area contributed by atoms with Crippen LogP contribution >= 0.6 is 0 Å². The van der Waals surface area contributed by atoms with Crippen LogP contribution in [-0.2, 0) is 0 Å². The van der Waals surface area contributed by atoms with Crippen molar-refractivity contribution in [2.75, 3.05) is 13.1 Å². The van der Waals surface area contributed by atoms with Gasteiger partial charge in [0.1, 0.15) is 0 Å². The second-order valence-corrected chi connectivity index (χ2v) is 7.77. The molecular weight excluding hydrogens is 367 g/mol. The Bertz CT molecular complexity index is 997. The minimum absolute atomic E-state index is 0.110. The highest BCUT2D eigenvalue weighted by Crippen LogP contribution is 2.28.